The Morgan fingerprint density at radius 1 is 1.20 bits per heavy atom. The van der Waals surface area contributed by atoms with Crippen LogP contribution in [-0.2, 0) is 0 Å². The van der Waals surface area contributed by atoms with Gasteiger partial charge >= 0.3 is 0 Å². The fourth-order valence-corrected chi connectivity index (χ4v) is 1.64. The monoisotopic (exact) mass is 199 g/mol. The Morgan fingerprint density at radius 3 is 2.67 bits per heavy atom. The van der Waals surface area contributed by atoms with Crippen LogP contribution in [0.15, 0.2) is 30.5 Å². The topological polar surface area (TPSA) is 51.8 Å². The highest BCUT2D eigenvalue weighted by atomic mass is 14.8. The highest BCUT2D eigenvalue weighted by Gasteiger charge is 2.03. The zero-order chi connectivity index (χ0) is 10.8. The zero-order valence-electron chi connectivity index (χ0n) is 8.86. The van der Waals surface area contributed by atoms with Crippen LogP contribution in [0.1, 0.15) is 11.4 Å². The molecule has 0 unspecified atom stereocenters. The number of nitrogen functional groups attached to an aromatic ring is 1. The third-order valence-corrected chi connectivity index (χ3v) is 2.29. The Hall–Kier alpha value is -1.90. The van der Waals surface area contributed by atoms with Crippen molar-refractivity contribution < 1.29 is 0 Å². The molecule has 0 radical (unpaired) electrons. The van der Waals surface area contributed by atoms with E-state index in [4.69, 9.17) is 5.73 Å². The summed E-state index contributed by atoms with van der Waals surface area (Å²) in [5.41, 5.74) is 9.82. The average Bonchev–Trinajstić information content (AvgIpc) is 2.16. The number of anilines is 1. The van der Waals surface area contributed by atoms with Gasteiger partial charge < -0.3 is 5.73 Å². The number of pyridine rings is 2. The molecule has 3 heteroatoms. The normalized spacial score (nSPS) is 10.3. The van der Waals surface area contributed by atoms with Gasteiger partial charge in [0.1, 0.15) is 5.82 Å². The number of aryl methyl sites for hydroxylation is 2. The van der Waals surface area contributed by atoms with E-state index in [1.807, 2.05) is 38.1 Å². The Morgan fingerprint density at radius 2 is 2.00 bits per heavy atom. The van der Waals surface area contributed by atoms with Gasteiger partial charge in [-0.3, -0.25) is 4.98 Å². The summed E-state index contributed by atoms with van der Waals surface area (Å²) < 4.78 is 0. The van der Waals surface area contributed by atoms with Crippen LogP contribution in [0.4, 0.5) is 5.82 Å². The van der Waals surface area contributed by atoms with Crippen molar-refractivity contribution in [1.82, 2.24) is 9.97 Å². The summed E-state index contributed by atoms with van der Waals surface area (Å²) in [5, 5.41) is 0. The van der Waals surface area contributed by atoms with Crippen molar-refractivity contribution in [2.75, 3.05) is 5.73 Å². The number of hydrogen-bond acceptors (Lipinski definition) is 3. The molecule has 3 nitrogen and oxygen atoms in total. The van der Waals surface area contributed by atoms with E-state index in [1.165, 1.54) is 0 Å². The summed E-state index contributed by atoms with van der Waals surface area (Å²) >= 11 is 0. The van der Waals surface area contributed by atoms with Crippen molar-refractivity contribution in [3.63, 3.8) is 0 Å². The second kappa shape index (κ2) is 3.69. The first-order valence-corrected chi connectivity index (χ1v) is 4.83. The quantitative estimate of drug-likeness (QED) is 0.767. The van der Waals surface area contributed by atoms with Crippen LogP contribution >= 0.6 is 0 Å². The first-order valence-electron chi connectivity index (χ1n) is 4.83. The molecule has 2 aromatic heterocycles. The zero-order valence-corrected chi connectivity index (χ0v) is 8.86. The molecule has 0 saturated heterocycles. The van der Waals surface area contributed by atoms with Crippen LogP contribution in [0, 0.1) is 13.8 Å². The minimum Gasteiger partial charge on any atom is -0.384 e. The molecule has 0 aromatic carbocycles. The first kappa shape index (κ1) is 9.65. The molecule has 0 bridgehead atoms. The third-order valence-electron chi connectivity index (χ3n) is 2.29. The fourth-order valence-electron chi connectivity index (χ4n) is 1.64. The molecule has 2 N–H and O–H groups in total. The molecule has 0 spiro atoms. The molecule has 76 valence electrons. The summed E-state index contributed by atoms with van der Waals surface area (Å²) in [5.74, 6) is 0.549. The second-order valence-corrected chi connectivity index (χ2v) is 3.56. The van der Waals surface area contributed by atoms with E-state index in [9.17, 15) is 0 Å². The molecule has 0 saturated carbocycles. The summed E-state index contributed by atoms with van der Waals surface area (Å²) in [7, 11) is 0. The standard InChI is InChI=1S/C12H13N3/c1-8-6-10(7-12(13)15-8)11-4-3-5-14-9(11)2/h3-7H,1-2H3,(H2,13,15). The summed E-state index contributed by atoms with van der Waals surface area (Å²) in [6.07, 6.45) is 1.79. The van der Waals surface area contributed by atoms with Crippen molar-refractivity contribution in [3.8, 4) is 11.1 Å². The molecule has 0 aliphatic carbocycles. The maximum Gasteiger partial charge on any atom is 0.124 e. The molecular formula is C12H13N3. The Kier molecular flexibility index (Phi) is 2.37. The van der Waals surface area contributed by atoms with Gasteiger partial charge in [-0.2, -0.15) is 0 Å². The number of rotatable bonds is 1. The van der Waals surface area contributed by atoms with Gasteiger partial charge in [0.15, 0.2) is 0 Å². The summed E-state index contributed by atoms with van der Waals surface area (Å²) in [4.78, 5) is 8.40. The first-order chi connectivity index (χ1) is 7.16. The van der Waals surface area contributed by atoms with E-state index in [-0.39, 0.29) is 0 Å². The van der Waals surface area contributed by atoms with E-state index in [0.717, 1.165) is 22.5 Å². The number of aromatic nitrogens is 2. The van der Waals surface area contributed by atoms with Crippen molar-refractivity contribution >= 4 is 5.82 Å². The molecular weight excluding hydrogens is 186 g/mol. The van der Waals surface area contributed by atoms with E-state index in [1.54, 1.807) is 6.20 Å². The van der Waals surface area contributed by atoms with Crippen LogP contribution in [-0.4, -0.2) is 9.97 Å². The molecule has 2 rings (SSSR count). The predicted octanol–water partition coefficient (Wildman–Crippen LogP) is 2.34. The largest absolute Gasteiger partial charge is 0.384 e. The molecule has 0 aliphatic rings. The molecule has 0 atom stereocenters. The van der Waals surface area contributed by atoms with Crippen LogP contribution < -0.4 is 5.73 Å². The van der Waals surface area contributed by atoms with Crippen molar-refractivity contribution in [3.05, 3.63) is 41.9 Å². The van der Waals surface area contributed by atoms with Crippen molar-refractivity contribution in [2.45, 2.75) is 13.8 Å². The van der Waals surface area contributed by atoms with Gasteiger partial charge in [-0.1, -0.05) is 6.07 Å². The summed E-state index contributed by atoms with van der Waals surface area (Å²) in [6, 6.07) is 7.85. The molecule has 0 aliphatic heterocycles. The summed E-state index contributed by atoms with van der Waals surface area (Å²) in [6.45, 7) is 3.92. The lowest BCUT2D eigenvalue weighted by molar-refractivity contribution is 1.18. The molecule has 2 heterocycles. The smallest absolute Gasteiger partial charge is 0.124 e. The number of nitrogens with two attached hydrogens (primary N) is 1. The van der Waals surface area contributed by atoms with Crippen molar-refractivity contribution in [1.29, 1.82) is 0 Å². The lowest BCUT2D eigenvalue weighted by atomic mass is 10.0. The maximum atomic E-state index is 5.72. The van der Waals surface area contributed by atoms with Crippen LogP contribution in [0.25, 0.3) is 11.1 Å². The van der Waals surface area contributed by atoms with E-state index >= 15 is 0 Å². The lowest BCUT2D eigenvalue weighted by Gasteiger charge is -2.06. The van der Waals surface area contributed by atoms with Crippen molar-refractivity contribution in [2.24, 2.45) is 0 Å². The average molecular weight is 199 g/mol. The van der Waals surface area contributed by atoms with Gasteiger partial charge in [0.25, 0.3) is 0 Å². The van der Waals surface area contributed by atoms with Gasteiger partial charge in [0, 0.05) is 23.1 Å². The minimum atomic E-state index is 0.549. The molecule has 0 fully saturated rings. The van der Waals surface area contributed by atoms with Gasteiger partial charge in [-0.25, -0.2) is 4.98 Å². The highest BCUT2D eigenvalue weighted by Crippen LogP contribution is 2.23. The maximum absolute atomic E-state index is 5.72. The predicted molar refractivity (Wildman–Crippen MR) is 61.4 cm³/mol. The lowest BCUT2D eigenvalue weighted by Crippen LogP contribution is -1.94. The number of nitrogens with zero attached hydrogens (tertiary/aromatic N) is 2. The van der Waals surface area contributed by atoms with Crippen LogP contribution in [0.2, 0.25) is 0 Å². The van der Waals surface area contributed by atoms with Gasteiger partial charge in [-0.05, 0) is 37.6 Å². The van der Waals surface area contributed by atoms with Gasteiger partial charge in [0.2, 0.25) is 0 Å². The van der Waals surface area contributed by atoms with E-state index < -0.39 is 0 Å². The molecule has 15 heavy (non-hydrogen) atoms. The fraction of sp³-hybridized carbons (Fsp3) is 0.167. The van der Waals surface area contributed by atoms with Gasteiger partial charge in [0.05, 0.1) is 0 Å². The second-order valence-electron chi connectivity index (χ2n) is 3.56. The minimum absolute atomic E-state index is 0.549. The molecule has 0 amide bonds. The van der Waals surface area contributed by atoms with E-state index in [0.29, 0.717) is 5.82 Å². The van der Waals surface area contributed by atoms with Crippen LogP contribution in [0.3, 0.4) is 0 Å². The highest BCUT2D eigenvalue weighted by molar-refractivity contribution is 5.68. The number of hydrogen-bond donors (Lipinski definition) is 1. The Labute approximate surface area is 89.0 Å². The molecule has 2 aromatic rings. The third kappa shape index (κ3) is 1.96. The Balaban J connectivity index is 2.59. The SMILES string of the molecule is Cc1cc(-c2cccnc2C)cc(N)n1. The van der Waals surface area contributed by atoms with Crippen LogP contribution in [0.5, 0.6) is 0 Å². The van der Waals surface area contributed by atoms with Gasteiger partial charge in [-0.15, -0.1) is 0 Å². The van der Waals surface area contributed by atoms with E-state index in [2.05, 4.69) is 9.97 Å². The Bertz CT molecular complexity index is 472.